The van der Waals surface area contributed by atoms with Crippen LogP contribution in [0.1, 0.15) is 36.9 Å². The third kappa shape index (κ3) is 2.77. The van der Waals surface area contributed by atoms with Gasteiger partial charge in [0.2, 0.25) is 0 Å². The summed E-state index contributed by atoms with van der Waals surface area (Å²) in [6, 6.07) is 0.464. The predicted molar refractivity (Wildman–Crippen MR) is 59.6 cm³/mol. The standard InChI is InChI=1S/C10H18N2OS/c1-4-9(5-13)12-8(3)10-7(2)11-6-14-10/h6,8-9,12-13H,4-5H2,1-3H3/t8?,9-/m0/s1. The molecule has 0 spiro atoms. The van der Waals surface area contributed by atoms with Gasteiger partial charge in [0.25, 0.3) is 0 Å². The molecule has 0 amide bonds. The number of aromatic nitrogens is 1. The van der Waals surface area contributed by atoms with E-state index >= 15 is 0 Å². The molecule has 0 aliphatic heterocycles. The van der Waals surface area contributed by atoms with Gasteiger partial charge in [-0.25, -0.2) is 4.98 Å². The van der Waals surface area contributed by atoms with Gasteiger partial charge in [0.15, 0.2) is 0 Å². The first-order valence-corrected chi connectivity index (χ1v) is 5.83. The second-order valence-corrected chi connectivity index (χ2v) is 4.36. The van der Waals surface area contributed by atoms with Gasteiger partial charge in [0, 0.05) is 17.0 Å². The Labute approximate surface area is 89.2 Å². The third-order valence-corrected chi connectivity index (χ3v) is 3.49. The lowest BCUT2D eigenvalue weighted by Crippen LogP contribution is -2.33. The number of rotatable bonds is 5. The molecule has 1 rings (SSSR count). The Morgan fingerprint density at radius 1 is 1.64 bits per heavy atom. The molecular weight excluding hydrogens is 196 g/mol. The van der Waals surface area contributed by atoms with E-state index in [2.05, 4.69) is 24.1 Å². The summed E-state index contributed by atoms with van der Waals surface area (Å²) in [5, 5.41) is 12.4. The van der Waals surface area contributed by atoms with E-state index in [9.17, 15) is 0 Å². The van der Waals surface area contributed by atoms with Crippen LogP contribution in [0.3, 0.4) is 0 Å². The zero-order chi connectivity index (χ0) is 10.6. The molecule has 0 radical (unpaired) electrons. The lowest BCUT2D eigenvalue weighted by molar-refractivity contribution is 0.230. The summed E-state index contributed by atoms with van der Waals surface area (Å²) >= 11 is 1.67. The van der Waals surface area contributed by atoms with Gasteiger partial charge in [0.1, 0.15) is 0 Å². The Kier molecular flexibility index (Phi) is 4.51. The van der Waals surface area contributed by atoms with Gasteiger partial charge in [-0.3, -0.25) is 0 Å². The van der Waals surface area contributed by atoms with Gasteiger partial charge in [-0.15, -0.1) is 11.3 Å². The zero-order valence-electron chi connectivity index (χ0n) is 8.95. The molecule has 0 fully saturated rings. The highest BCUT2D eigenvalue weighted by atomic mass is 32.1. The summed E-state index contributed by atoms with van der Waals surface area (Å²) in [5.74, 6) is 0. The third-order valence-electron chi connectivity index (χ3n) is 2.37. The van der Waals surface area contributed by atoms with Gasteiger partial charge < -0.3 is 10.4 Å². The summed E-state index contributed by atoms with van der Waals surface area (Å²) < 4.78 is 0. The molecule has 1 unspecified atom stereocenters. The molecule has 1 heterocycles. The van der Waals surface area contributed by atoms with Crippen molar-refractivity contribution in [3.05, 3.63) is 16.1 Å². The summed E-state index contributed by atoms with van der Waals surface area (Å²) in [5.41, 5.74) is 2.95. The van der Waals surface area contributed by atoms with Gasteiger partial charge in [0.05, 0.1) is 17.8 Å². The second-order valence-electron chi connectivity index (χ2n) is 3.48. The van der Waals surface area contributed by atoms with Crippen LogP contribution in [0.2, 0.25) is 0 Å². The van der Waals surface area contributed by atoms with E-state index in [1.165, 1.54) is 4.88 Å². The molecule has 2 N–H and O–H groups in total. The van der Waals surface area contributed by atoms with E-state index in [0.717, 1.165) is 12.1 Å². The Balaban J connectivity index is 2.58. The minimum Gasteiger partial charge on any atom is -0.395 e. The molecule has 14 heavy (non-hydrogen) atoms. The van der Waals surface area contributed by atoms with Crippen LogP contribution in [-0.4, -0.2) is 22.7 Å². The topological polar surface area (TPSA) is 45.1 Å². The van der Waals surface area contributed by atoms with Crippen LogP contribution in [0.15, 0.2) is 5.51 Å². The number of thiazole rings is 1. The van der Waals surface area contributed by atoms with Crippen LogP contribution in [0.4, 0.5) is 0 Å². The zero-order valence-corrected chi connectivity index (χ0v) is 9.77. The normalized spacial score (nSPS) is 15.4. The first-order chi connectivity index (χ1) is 6.69. The lowest BCUT2D eigenvalue weighted by atomic mass is 10.2. The highest BCUT2D eigenvalue weighted by Gasteiger charge is 2.14. The van der Waals surface area contributed by atoms with E-state index in [1.807, 2.05) is 12.4 Å². The second kappa shape index (κ2) is 5.44. The van der Waals surface area contributed by atoms with E-state index in [4.69, 9.17) is 5.11 Å². The fraction of sp³-hybridized carbons (Fsp3) is 0.700. The fourth-order valence-electron chi connectivity index (χ4n) is 1.46. The van der Waals surface area contributed by atoms with Crippen LogP contribution in [0.5, 0.6) is 0 Å². The number of hydrogen-bond acceptors (Lipinski definition) is 4. The Hall–Kier alpha value is -0.450. The number of nitrogens with one attached hydrogen (secondary N) is 1. The van der Waals surface area contributed by atoms with Crippen LogP contribution >= 0.6 is 11.3 Å². The highest BCUT2D eigenvalue weighted by Crippen LogP contribution is 2.21. The van der Waals surface area contributed by atoms with Crippen LogP contribution in [0, 0.1) is 6.92 Å². The number of aliphatic hydroxyl groups excluding tert-OH is 1. The van der Waals surface area contributed by atoms with Crippen LogP contribution < -0.4 is 5.32 Å². The van der Waals surface area contributed by atoms with Crippen molar-refractivity contribution in [1.29, 1.82) is 0 Å². The number of nitrogens with zero attached hydrogens (tertiary/aromatic N) is 1. The quantitative estimate of drug-likeness (QED) is 0.786. The minimum atomic E-state index is 0.187. The van der Waals surface area contributed by atoms with Gasteiger partial charge in [-0.2, -0.15) is 0 Å². The fourth-order valence-corrected chi connectivity index (χ4v) is 2.28. The lowest BCUT2D eigenvalue weighted by Gasteiger charge is -2.19. The van der Waals surface area contributed by atoms with Crippen molar-refractivity contribution in [2.24, 2.45) is 0 Å². The number of aryl methyl sites for hydroxylation is 1. The Morgan fingerprint density at radius 2 is 2.36 bits per heavy atom. The van der Waals surface area contributed by atoms with Crippen molar-refractivity contribution in [2.75, 3.05) is 6.61 Å². The van der Waals surface area contributed by atoms with Crippen molar-refractivity contribution in [3.8, 4) is 0 Å². The largest absolute Gasteiger partial charge is 0.395 e. The molecule has 80 valence electrons. The van der Waals surface area contributed by atoms with Crippen molar-refractivity contribution in [1.82, 2.24) is 10.3 Å². The molecule has 1 aromatic rings. The SMILES string of the molecule is CC[C@@H](CO)NC(C)c1scnc1C. The maximum absolute atomic E-state index is 9.07. The molecule has 0 aromatic carbocycles. The van der Waals surface area contributed by atoms with E-state index in [0.29, 0.717) is 0 Å². The maximum atomic E-state index is 9.07. The molecule has 2 atom stereocenters. The van der Waals surface area contributed by atoms with Crippen molar-refractivity contribution >= 4 is 11.3 Å². The van der Waals surface area contributed by atoms with Gasteiger partial charge in [-0.1, -0.05) is 6.92 Å². The molecule has 0 bridgehead atoms. The molecule has 0 aliphatic carbocycles. The smallest absolute Gasteiger partial charge is 0.0798 e. The molecule has 1 aromatic heterocycles. The minimum absolute atomic E-state index is 0.187. The molecule has 0 saturated heterocycles. The Morgan fingerprint density at radius 3 is 2.79 bits per heavy atom. The molecule has 4 heteroatoms. The number of hydrogen-bond donors (Lipinski definition) is 2. The first-order valence-electron chi connectivity index (χ1n) is 4.95. The average Bonchev–Trinajstić information content (AvgIpc) is 2.60. The van der Waals surface area contributed by atoms with Crippen molar-refractivity contribution in [3.63, 3.8) is 0 Å². The molecule has 0 saturated carbocycles. The van der Waals surface area contributed by atoms with E-state index in [1.54, 1.807) is 11.3 Å². The molecular formula is C10H18N2OS. The van der Waals surface area contributed by atoms with E-state index in [-0.39, 0.29) is 18.7 Å². The monoisotopic (exact) mass is 214 g/mol. The van der Waals surface area contributed by atoms with Gasteiger partial charge >= 0.3 is 0 Å². The summed E-state index contributed by atoms with van der Waals surface area (Å²) in [6.07, 6.45) is 0.943. The maximum Gasteiger partial charge on any atom is 0.0798 e. The van der Waals surface area contributed by atoms with E-state index < -0.39 is 0 Å². The van der Waals surface area contributed by atoms with Crippen LogP contribution in [-0.2, 0) is 0 Å². The summed E-state index contributed by atoms with van der Waals surface area (Å²) in [6.45, 7) is 6.39. The summed E-state index contributed by atoms with van der Waals surface area (Å²) in [7, 11) is 0. The van der Waals surface area contributed by atoms with Crippen molar-refractivity contribution in [2.45, 2.75) is 39.3 Å². The first kappa shape index (κ1) is 11.6. The highest BCUT2D eigenvalue weighted by molar-refractivity contribution is 7.09. The van der Waals surface area contributed by atoms with Gasteiger partial charge in [-0.05, 0) is 20.3 Å². The van der Waals surface area contributed by atoms with Crippen LogP contribution in [0.25, 0.3) is 0 Å². The predicted octanol–water partition coefficient (Wildman–Crippen LogP) is 1.87. The average molecular weight is 214 g/mol. The van der Waals surface area contributed by atoms with Crippen molar-refractivity contribution < 1.29 is 5.11 Å². The molecule has 3 nitrogen and oxygen atoms in total. The molecule has 0 aliphatic rings. The summed E-state index contributed by atoms with van der Waals surface area (Å²) in [4.78, 5) is 5.47. The Bertz CT molecular complexity index is 271. The number of aliphatic hydroxyl groups is 1.